The van der Waals surface area contributed by atoms with Gasteiger partial charge in [-0.25, -0.2) is 0 Å². The molecule has 0 saturated carbocycles. The summed E-state index contributed by atoms with van der Waals surface area (Å²) in [4.78, 5) is 0. The van der Waals surface area contributed by atoms with Crippen molar-refractivity contribution in [1.82, 2.24) is 0 Å². The van der Waals surface area contributed by atoms with Gasteiger partial charge in [-0.2, -0.15) is 0 Å². The lowest BCUT2D eigenvalue weighted by atomic mass is 9.92. The predicted octanol–water partition coefficient (Wildman–Crippen LogP) is 4.47. The first kappa shape index (κ1) is 9.72. The molecule has 4 aromatic carbocycles. The Labute approximate surface area is 105 Å². The molecular weight excluding hydrogens is 218 g/mol. The minimum absolute atomic E-state index is 0.903. The van der Waals surface area contributed by atoms with Gasteiger partial charge in [0.15, 0.2) is 0 Å². The smallest absolute Gasteiger partial charge is 0.0424 e. The fourth-order valence-electron chi connectivity index (χ4n) is 2.98. The lowest BCUT2D eigenvalue weighted by molar-refractivity contribution is 1.52. The summed E-state index contributed by atoms with van der Waals surface area (Å²) in [5.74, 6) is 0. The molecule has 1 heteroatoms. The van der Waals surface area contributed by atoms with E-state index in [0.29, 0.717) is 0 Å². The summed E-state index contributed by atoms with van der Waals surface area (Å²) >= 11 is 0. The van der Waals surface area contributed by atoms with Crippen molar-refractivity contribution in [2.45, 2.75) is 6.92 Å². The van der Waals surface area contributed by atoms with Crippen LogP contribution in [0.1, 0.15) is 5.56 Å². The van der Waals surface area contributed by atoms with Gasteiger partial charge in [-0.1, -0.05) is 42.5 Å². The molecule has 0 spiro atoms. The lowest BCUT2D eigenvalue weighted by Gasteiger charge is -2.13. The van der Waals surface area contributed by atoms with Crippen molar-refractivity contribution in [3.05, 3.63) is 54.1 Å². The lowest BCUT2D eigenvalue weighted by Crippen LogP contribution is -1.93. The van der Waals surface area contributed by atoms with Crippen LogP contribution in [0.2, 0.25) is 0 Å². The first-order valence-electron chi connectivity index (χ1n) is 6.18. The van der Waals surface area contributed by atoms with Crippen molar-refractivity contribution < 1.29 is 0 Å². The molecule has 2 N–H and O–H groups in total. The second kappa shape index (κ2) is 3.14. The van der Waals surface area contributed by atoms with Crippen LogP contribution in [0.15, 0.2) is 48.5 Å². The van der Waals surface area contributed by atoms with Crippen LogP contribution in [-0.4, -0.2) is 0 Å². The number of hydrogen-bond donors (Lipinski definition) is 1. The SMILES string of the molecule is Cc1cc2ccc3cccc4ccc(c1N)c2c34. The average molecular weight is 231 g/mol. The number of hydrogen-bond acceptors (Lipinski definition) is 1. The topological polar surface area (TPSA) is 26.0 Å². The largest absolute Gasteiger partial charge is 0.398 e. The molecule has 0 aliphatic carbocycles. The number of benzene rings is 4. The second-order valence-corrected chi connectivity index (χ2v) is 4.96. The summed E-state index contributed by atoms with van der Waals surface area (Å²) in [6.45, 7) is 2.07. The van der Waals surface area contributed by atoms with Gasteiger partial charge < -0.3 is 5.73 Å². The fraction of sp³-hybridized carbons (Fsp3) is 0.0588. The number of aryl methyl sites for hydroxylation is 1. The van der Waals surface area contributed by atoms with E-state index in [1.807, 2.05) is 0 Å². The molecule has 0 aromatic heterocycles. The van der Waals surface area contributed by atoms with E-state index in [1.165, 1.54) is 32.3 Å². The number of rotatable bonds is 0. The van der Waals surface area contributed by atoms with E-state index < -0.39 is 0 Å². The molecule has 0 atom stereocenters. The molecule has 0 fully saturated rings. The summed E-state index contributed by atoms with van der Waals surface area (Å²) in [5.41, 5.74) is 8.29. The summed E-state index contributed by atoms with van der Waals surface area (Å²) in [6.07, 6.45) is 0. The summed E-state index contributed by atoms with van der Waals surface area (Å²) < 4.78 is 0. The summed E-state index contributed by atoms with van der Waals surface area (Å²) in [6, 6.07) is 17.3. The monoisotopic (exact) mass is 231 g/mol. The van der Waals surface area contributed by atoms with Crippen molar-refractivity contribution in [3.63, 3.8) is 0 Å². The molecular formula is C17H13N. The van der Waals surface area contributed by atoms with E-state index >= 15 is 0 Å². The van der Waals surface area contributed by atoms with Crippen molar-refractivity contribution >= 4 is 38.0 Å². The van der Waals surface area contributed by atoms with Crippen LogP contribution in [0, 0.1) is 6.92 Å². The third kappa shape index (κ3) is 1.06. The highest BCUT2D eigenvalue weighted by atomic mass is 14.6. The minimum atomic E-state index is 0.903. The van der Waals surface area contributed by atoms with Gasteiger partial charge in [0, 0.05) is 11.1 Å². The van der Waals surface area contributed by atoms with Crippen LogP contribution < -0.4 is 5.73 Å². The molecule has 0 saturated heterocycles. The standard InChI is InChI=1S/C17H13N/c1-10-9-13-6-5-11-3-2-4-12-7-8-14(17(10)18)16(13)15(11)12/h2-9H,18H2,1H3. The number of anilines is 1. The molecule has 18 heavy (non-hydrogen) atoms. The summed E-state index contributed by atoms with van der Waals surface area (Å²) in [7, 11) is 0. The quantitative estimate of drug-likeness (QED) is 0.350. The molecule has 0 amide bonds. The van der Waals surface area contributed by atoms with E-state index in [2.05, 4.69) is 55.5 Å². The Morgan fingerprint density at radius 2 is 1.44 bits per heavy atom. The molecule has 4 aromatic rings. The van der Waals surface area contributed by atoms with Gasteiger partial charge >= 0.3 is 0 Å². The van der Waals surface area contributed by atoms with Gasteiger partial charge in [-0.05, 0) is 45.5 Å². The highest BCUT2D eigenvalue weighted by Crippen LogP contribution is 2.37. The zero-order valence-corrected chi connectivity index (χ0v) is 10.2. The number of nitrogen functional groups attached to an aromatic ring is 1. The van der Waals surface area contributed by atoms with E-state index in [9.17, 15) is 0 Å². The van der Waals surface area contributed by atoms with Crippen molar-refractivity contribution in [1.29, 1.82) is 0 Å². The first-order valence-corrected chi connectivity index (χ1v) is 6.18. The van der Waals surface area contributed by atoms with Crippen LogP contribution >= 0.6 is 0 Å². The van der Waals surface area contributed by atoms with Crippen LogP contribution in [-0.2, 0) is 0 Å². The van der Waals surface area contributed by atoms with Gasteiger partial charge in [-0.15, -0.1) is 0 Å². The predicted molar refractivity (Wildman–Crippen MR) is 79.3 cm³/mol. The Bertz CT molecular complexity index is 874. The van der Waals surface area contributed by atoms with E-state index in [-0.39, 0.29) is 0 Å². The zero-order valence-electron chi connectivity index (χ0n) is 10.2. The highest BCUT2D eigenvalue weighted by Gasteiger charge is 2.10. The normalized spacial score (nSPS) is 11.8. The summed E-state index contributed by atoms with van der Waals surface area (Å²) in [5, 5.41) is 7.66. The average Bonchev–Trinajstić information content (AvgIpc) is 2.40. The van der Waals surface area contributed by atoms with Gasteiger partial charge in [0.05, 0.1) is 0 Å². The van der Waals surface area contributed by atoms with Crippen molar-refractivity contribution in [2.75, 3.05) is 5.73 Å². The first-order chi connectivity index (χ1) is 8.75. The Kier molecular flexibility index (Phi) is 1.69. The molecule has 4 rings (SSSR count). The minimum Gasteiger partial charge on any atom is -0.398 e. The Morgan fingerprint density at radius 1 is 0.778 bits per heavy atom. The van der Waals surface area contributed by atoms with Crippen molar-refractivity contribution in [3.8, 4) is 0 Å². The second-order valence-electron chi connectivity index (χ2n) is 4.96. The van der Waals surface area contributed by atoms with E-state index in [4.69, 9.17) is 5.73 Å². The Morgan fingerprint density at radius 3 is 2.22 bits per heavy atom. The van der Waals surface area contributed by atoms with Crippen LogP contribution in [0.4, 0.5) is 5.69 Å². The van der Waals surface area contributed by atoms with Crippen LogP contribution in [0.5, 0.6) is 0 Å². The van der Waals surface area contributed by atoms with Gasteiger partial charge in [0.2, 0.25) is 0 Å². The number of nitrogens with two attached hydrogens (primary N) is 1. The molecule has 86 valence electrons. The third-order valence-corrected chi connectivity index (χ3v) is 3.90. The zero-order chi connectivity index (χ0) is 12.3. The highest BCUT2D eigenvalue weighted by molar-refractivity contribution is 6.25. The molecule has 0 bridgehead atoms. The van der Waals surface area contributed by atoms with Gasteiger partial charge in [-0.3, -0.25) is 0 Å². The Hall–Kier alpha value is -2.28. The van der Waals surface area contributed by atoms with Crippen molar-refractivity contribution in [2.24, 2.45) is 0 Å². The fourth-order valence-corrected chi connectivity index (χ4v) is 2.98. The maximum absolute atomic E-state index is 6.23. The molecule has 0 aliphatic heterocycles. The van der Waals surface area contributed by atoms with Crippen LogP contribution in [0.3, 0.4) is 0 Å². The maximum atomic E-state index is 6.23. The molecule has 0 unspecified atom stereocenters. The molecule has 0 aliphatic rings. The Balaban J connectivity index is 2.46. The molecule has 0 radical (unpaired) electrons. The van der Waals surface area contributed by atoms with E-state index in [0.717, 1.165) is 11.3 Å². The molecule has 1 nitrogen and oxygen atoms in total. The van der Waals surface area contributed by atoms with Gasteiger partial charge in [0.25, 0.3) is 0 Å². The van der Waals surface area contributed by atoms with Crippen LogP contribution in [0.25, 0.3) is 32.3 Å². The maximum Gasteiger partial charge on any atom is 0.0424 e. The van der Waals surface area contributed by atoms with Gasteiger partial charge in [0.1, 0.15) is 0 Å². The molecule has 0 heterocycles. The van der Waals surface area contributed by atoms with E-state index in [1.54, 1.807) is 0 Å². The third-order valence-electron chi connectivity index (χ3n) is 3.90.